The third kappa shape index (κ3) is 2.32. The van der Waals surface area contributed by atoms with Gasteiger partial charge in [0.25, 0.3) is 0 Å². The summed E-state index contributed by atoms with van der Waals surface area (Å²) in [5.74, 6) is 1.02. The van der Waals surface area contributed by atoms with E-state index < -0.39 is 0 Å². The average Bonchev–Trinajstić information content (AvgIpc) is 2.49. The molecule has 0 spiro atoms. The van der Waals surface area contributed by atoms with Crippen LogP contribution < -0.4 is 10.5 Å². The highest BCUT2D eigenvalue weighted by Gasteiger charge is 2.16. The van der Waals surface area contributed by atoms with E-state index >= 15 is 0 Å². The molecule has 1 heterocycles. The predicted molar refractivity (Wildman–Crippen MR) is 82.2 cm³/mol. The smallest absolute Gasteiger partial charge is 0.122 e. The minimum atomic E-state index is -0.0675. The Hall–Kier alpha value is -1.80. The van der Waals surface area contributed by atoms with Crippen LogP contribution in [0.25, 0.3) is 0 Å². The summed E-state index contributed by atoms with van der Waals surface area (Å²) in [6.45, 7) is 5.10. The Morgan fingerprint density at radius 3 is 2.85 bits per heavy atom. The molecule has 104 valence electrons. The molecule has 0 aliphatic carbocycles. The largest absolute Gasteiger partial charge is 0.493 e. The first-order chi connectivity index (χ1) is 9.66. The molecule has 0 amide bonds. The number of rotatable bonds is 2. The highest BCUT2D eigenvalue weighted by molar-refractivity contribution is 5.45. The van der Waals surface area contributed by atoms with Crippen LogP contribution in [-0.2, 0) is 6.42 Å². The van der Waals surface area contributed by atoms with Crippen molar-refractivity contribution in [2.24, 2.45) is 5.73 Å². The number of hydrogen-bond donors (Lipinski definition) is 1. The maximum atomic E-state index is 6.48. The summed E-state index contributed by atoms with van der Waals surface area (Å²) >= 11 is 0. The summed E-state index contributed by atoms with van der Waals surface area (Å²) < 4.78 is 5.67. The zero-order valence-corrected chi connectivity index (χ0v) is 12.1. The lowest BCUT2D eigenvalue weighted by Gasteiger charge is -2.21. The zero-order chi connectivity index (χ0) is 14.1. The van der Waals surface area contributed by atoms with Gasteiger partial charge in [-0.15, -0.1) is 0 Å². The van der Waals surface area contributed by atoms with Gasteiger partial charge in [0, 0.05) is 0 Å². The number of nitrogens with two attached hydrogens (primary N) is 1. The Morgan fingerprint density at radius 1 is 1.15 bits per heavy atom. The third-order valence-electron chi connectivity index (χ3n) is 4.27. The minimum absolute atomic E-state index is 0.0675. The van der Waals surface area contributed by atoms with Crippen molar-refractivity contribution >= 4 is 0 Å². The van der Waals surface area contributed by atoms with E-state index in [4.69, 9.17) is 10.5 Å². The maximum absolute atomic E-state index is 6.48. The van der Waals surface area contributed by atoms with Crippen molar-refractivity contribution in [3.8, 4) is 5.75 Å². The van der Waals surface area contributed by atoms with Gasteiger partial charge in [0.15, 0.2) is 0 Å². The van der Waals surface area contributed by atoms with Gasteiger partial charge >= 0.3 is 0 Å². The zero-order valence-electron chi connectivity index (χ0n) is 12.1. The van der Waals surface area contributed by atoms with Crippen molar-refractivity contribution in [2.45, 2.75) is 32.7 Å². The molecule has 20 heavy (non-hydrogen) atoms. The van der Waals surface area contributed by atoms with Gasteiger partial charge < -0.3 is 10.5 Å². The van der Waals surface area contributed by atoms with Gasteiger partial charge in [-0.1, -0.05) is 30.3 Å². The number of benzene rings is 2. The number of hydrogen-bond acceptors (Lipinski definition) is 2. The summed E-state index contributed by atoms with van der Waals surface area (Å²) in [5, 5.41) is 0. The molecule has 1 aliphatic heterocycles. The molecule has 0 fully saturated rings. The molecular weight excluding hydrogens is 246 g/mol. The van der Waals surface area contributed by atoms with E-state index in [-0.39, 0.29) is 6.04 Å². The van der Waals surface area contributed by atoms with Crippen LogP contribution in [0.15, 0.2) is 36.4 Å². The Bertz CT molecular complexity index is 633. The van der Waals surface area contributed by atoms with Crippen molar-refractivity contribution in [2.75, 3.05) is 6.61 Å². The van der Waals surface area contributed by atoms with Crippen LogP contribution in [0.1, 0.15) is 40.3 Å². The first kappa shape index (κ1) is 13.2. The maximum Gasteiger partial charge on any atom is 0.122 e. The molecule has 0 aromatic heterocycles. The lowest BCUT2D eigenvalue weighted by Crippen LogP contribution is -2.15. The van der Waals surface area contributed by atoms with E-state index in [0.717, 1.165) is 25.2 Å². The number of ether oxygens (including phenoxy) is 1. The summed E-state index contributed by atoms with van der Waals surface area (Å²) in [6, 6.07) is 12.6. The quantitative estimate of drug-likeness (QED) is 0.901. The molecule has 2 N–H and O–H groups in total. The lowest BCUT2D eigenvalue weighted by atomic mass is 9.91. The van der Waals surface area contributed by atoms with Crippen molar-refractivity contribution in [1.82, 2.24) is 0 Å². The van der Waals surface area contributed by atoms with Gasteiger partial charge in [-0.2, -0.15) is 0 Å². The predicted octanol–water partition coefficient (Wildman–Crippen LogP) is 3.68. The van der Waals surface area contributed by atoms with E-state index in [9.17, 15) is 0 Å². The van der Waals surface area contributed by atoms with Crippen LogP contribution >= 0.6 is 0 Å². The number of aryl methyl sites for hydroxylation is 2. The standard InChI is InChI=1S/C18H21NO/c1-12-5-3-7-16(13(12)2)18(19)15-8-9-17-14(11-15)6-4-10-20-17/h3,5,7-9,11,18H,4,6,10,19H2,1-2H3. The molecule has 2 nitrogen and oxygen atoms in total. The molecule has 3 rings (SSSR count). The van der Waals surface area contributed by atoms with E-state index in [0.29, 0.717) is 0 Å². The molecule has 2 aromatic rings. The van der Waals surface area contributed by atoms with E-state index in [1.165, 1.54) is 27.8 Å². The first-order valence-corrected chi connectivity index (χ1v) is 7.24. The summed E-state index contributed by atoms with van der Waals surface area (Å²) in [5.41, 5.74) is 12.7. The molecule has 0 saturated heterocycles. The highest BCUT2D eigenvalue weighted by atomic mass is 16.5. The van der Waals surface area contributed by atoms with Gasteiger partial charge in [-0.05, 0) is 60.6 Å². The topological polar surface area (TPSA) is 35.2 Å². The summed E-state index contributed by atoms with van der Waals surface area (Å²) in [7, 11) is 0. The molecule has 1 unspecified atom stereocenters. The van der Waals surface area contributed by atoms with Crippen molar-refractivity contribution in [1.29, 1.82) is 0 Å². The van der Waals surface area contributed by atoms with E-state index in [1.54, 1.807) is 0 Å². The lowest BCUT2D eigenvalue weighted by molar-refractivity contribution is 0.288. The molecule has 1 atom stereocenters. The Balaban J connectivity index is 1.98. The molecule has 0 bridgehead atoms. The van der Waals surface area contributed by atoms with E-state index in [1.807, 2.05) is 0 Å². The van der Waals surface area contributed by atoms with Crippen molar-refractivity contribution < 1.29 is 4.74 Å². The fraction of sp³-hybridized carbons (Fsp3) is 0.333. The van der Waals surface area contributed by atoms with Gasteiger partial charge in [0.1, 0.15) is 5.75 Å². The van der Waals surface area contributed by atoms with Crippen LogP contribution in [-0.4, -0.2) is 6.61 Å². The van der Waals surface area contributed by atoms with Gasteiger partial charge in [-0.3, -0.25) is 0 Å². The van der Waals surface area contributed by atoms with E-state index in [2.05, 4.69) is 50.2 Å². The Labute approximate surface area is 120 Å². The van der Waals surface area contributed by atoms with Crippen LogP contribution in [0.4, 0.5) is 0 Å². The molecule has 1 aliphatic rings. The average molecular weight is 267 g/mol. The second-order valence-corrected chi connectivity index (χ2v) is 5.59. The fourth-order valence-electron chi connectivity index (χ4n) is 2.86. The van der Waals surface area contributed by atoms with Gasteiger partial charge in [0.05, 0.1) is 12.6 Å². The Kier molecular flexibility index (Phi) is 3.49. The second kappa shape index (κ2) is 5.29. The van der Waals surface area contributed by atoms with Crippen molar-refractivity contribution in [3.05, 3.63) is 64.2 Å². The van der Waals surface area contributed by atoms with Gasteiger partial charge in [-0.25, -0.2) is 0 Å². The van der Waals surface area contributed by atoms with Crippen LogP contribution in [0.5, 0.6) is 5.75 Å². The second-order valence-electron chi connectivity index (χ2n) is 5.59. The fourth-order valence-corrected chi connectivity index (χ4v) is 2.86. The molecular formula is C18H21NO. The third-order valence-corrected chi connectivity index (χ3v) is 4.27. The van der Waals surface area contributed by atoms with Crippen LogP contribution in [0, 0.1) is 13.8 Å². The Morgan fingerprint density at radius 2 is 2.00 bits per heavy atom. The van der Waals surface area contributed by atoms with Crippen molar-refractivity contribution in [3.63, 3.8) is 0 Å². The monoisotopic (exact) mass is 267 g/mol. The van der Waals surface area contributed by atoms with Gasteiger partial charge in [0.2, 0.25) is 0 Å². The highest BCUT2D eigenvalue weighted by Crippen LogP contribution is 2.30. The summed E-state index contributed by atoms with van der Waals surface area (Å²) in [6.07, 6.45) is 2.18. The number of fused-ring (bicyclic) bond motifs is 1. The minimum Gasteiger partial charge on any atom is -0.493 e. The molecule has 2 aromatic carbocycles. The SMILES string of the molecule is Cc1cccc(C(N)c2ccc3c(c2)CCCO3)c1C. The normalized spacial score (nSPS) is 15.3. The summed E-state index contributed by atoms with van der Waals surface area (Å²) in [4.78, 5) is 0. The van der Waals surface area contributed by atoms with Crippen LogP contribution in [0.3, 0.4) is 0 Å². The molecule has 0 radical (unpaired) electrons. The molecule has 2 heteroatoms. The first-order valence-electron chi connectivity index (χ1n) is 7.24. The molecule has 0 saturated carbocycles. The van der Waals surface area contributed by atoms with Crippen LogP contribution in [0.2, 0.25) is 0 Å².